The number of terminal acetylenes is 1. The van der Waals surface area contributed by atoms with Crippen molar-refractivity contribution in [3.8, 4) is 12.3 Å². The van der Waals surface area contributed by atoms with E-state index in [2.05, 4.69) is 16.4 Å². The van der Waals surface area contributed by atoms with Crippen molar-refractivity contribution in [3.63, 3.8) is 0 Å². The lowest BCUT2D eigenvalue weighted by molar-refractivity contribution is -0.136. The summed E-state index contributed by atoms with van der Waals surface area (Å²) in [6, 6.07) is 25.5. The second kappa shape index (κ2) is 8.93. The highest BCUT2D eigenvalue weighted by molar-refractivity contribution is 6.01. The van der Waals surface area contributed by atoms with Gasteiger partial charge < -0.3 is 9.67 Å². The molecule has 0 aliphatic carbocycles. The van der Waals surface area contributed by atoms with Crippen molar-refractivity contribution in [1.29, 1.82) is 0 Å². The average Bonchev–Trinajstić information content (AvgIpc) is 3.11. The fraction of sp³-hybridized carbons (Fsp3) is 0.111. The summed E-state index contributed by atoms with van der Waals surface area (Å²) in [5.41, 5.74) is 4.38. The number of benzene rings is 3. The smallest absolute Gasteiger partial charge is 0.281 e. The first-order chi connectivity index (χ1) is 15.6. The van der Waals surface area contributed by atoms with Crippen LogP contribution in [0.2, 0.25) is 0 Å². The molecule has 158 valence electrons. The van der Waals surface area contributed by atoms with Crippen LogP contribution in [0.15, 0.2) is 90.0 Å². The third-order valence-corrected chi connectivity index (χ3v) is 5.60. The van der Waals surface area contributed by atoms with E-state index in [1.165, 1.54) is 0 Å². The van der Waals surface area contributed by atoms with Crippen LogP contribution in [0, 0.1) is 19.3 Å². The minimum Gasteiger partial charge on any atom is -0.372 e. The van der Waals surface area contributed by atoms with Crippen LogP contribution < -0.4 is 5.43 Å². The number of hydrogen-bond donors (Lipinski definition) is 2. The van der Waals surface area contributed by atoms with Gasteiger partial charge in [0.05, 0.1) is 12.8 Å². The Bertz CT molecular complexity index is 1280. The predicted molar refractivity (Wildman–Crippen MR) is 127 cm³/mol. The van der Waals surface area contributed by atoms with E-state index in [4.69, 9.17) is 6.42 Å². The van der Waals surface area contributed by atoms with Crippen LogP contribution in [0.3, 0.4) is 0 Å². The lowest BCUT2D eigenvalue weighted by Gasteiger charge is -2.27. The Morgan fingerprint density at radius 1 is 1.03 bits per heavy atom. The van der Waals surface area contributed by atoms with Crippen molar-refractivity contribution in [2.45, 2.75) is 19.1 Å². The Kier molecular flexibility index (Phi) is 5.89. The third-order valence-electron chi connectivity index (χ3n) is 5.60. The topological polar surface area (TPSA) is 66.6 Å². The number of fused-ring (bicyclic) bond motifs is 1. The molecule has 0 saturated heterocycles. The van der Waals surface area contributed by atoms with E-state index in [0.29, 0.717) is 17.7 Å². The number of carbonyl (C=O) groups excluding carboxylic acids is 1. The van der Waals surface area contributed by atoms with E-state index in [-0.39, 0.29) is 0 Å². The zero-order chi connectivity index (χ0) is 22.6. The van der Waals surface area contributed by atoms with E-state index in [1.54, 1.807) is 54.7 Å². The molecule has 4 aromatic rings. The molecule has 0 radical (unpaired) electrons. The molecule has 5 nitrogen and oxygen atoms in total. The maximum atomic E-state index is 13.2. The summed E-state index contributed by atoms with van der Waals surface area (Å²) in [6.07, 6.45) is 7.13. The van der Waals surface area contributed by atoms with Gasteiger partial charge in [-0.15, -0.1) is 6.42 Å². The van der Waals surface area contributed by atoms with Crippen molar-refractivity contribution in [2.24, 2.45) is 5.10 Å². The number of para-hydroxylation sites is 1. The monoisotopic (exact) mass is 421 g/mol. The fourth-order valence-electron chi connectivity index (χ4n) is 3.94. The van der Waals surface area contributed by atoms with E-state index < -0.39 is 11.5 Å². The van der Waals surface area contributed by atoms with Crippen LogP contribution >= 0.6 is 0 Å². The molecule has 0 spiro atoms. The number of carbonyl (C=O) groups is 1. The summed E-state index contributed by atoms with van der Waals surface area (Å²) in [6.45, 7) is 2.40. The van der Waals surface area contributed by atoms with Crippen LogP contribution in [-0.4, -0.2) is 21.8 Å². The van der Waals surface area contributed by atoms with Crippen LogP contribution in [0.4, 0.5) is 0 Å². The van der Waals surface area contributed by atoms with Crippen molar-refractivity contribution in [1.82, 2.24) is 9.99 Å². The standard InChI is InChI=1S/C27H23N3O2/c1-3-18-30-20(2)24(23-16-10-11-17-25(23)30)19-28-29-26(31)27(32,21-12-6-4-7-13-21)22-14-8-5-9-15-22/h1,4-17,19,32H,18H2,2H3,(H,29,31)/b28-19-. The summed E-state index contributed by atoms with van der Waals surface area (Å²) < 4.78 is 2.03. The van der Waals surface area contributed by atoms with Crippen molar-refractivity contribution >= 4 is 23.0 Å². The summed E-state index contributed by atoms with van der Waals surface area (Å²) in [5, 5.41) is 16.7. The molecule has 1 aromatic heterocycles. The maximum absolute atomic E-state index is 13.2. The van der Waals surface area contributed by atoms with Gasteiger partial charge in [0.15, 0.2) is 5.60 Å². The molecule has 32 heavy (non-hydrogen) atoms. The molecule has 0 bridgehead atoms. The van der Waals surface area contributed by atoms with Crippen LogP contribution in [-0.2, 0) is 16.9 Å². The first-order valence-corrected chi connectivity index (χ1v) is 10.3. The van der Waals surface area contributed by atoms with Crippen molar-refractivity contribution < 1.29 is 9.90 Å². The van der Waals surface area contributed by atoms with Gasteiger partial charge in [0.25, 0.3) is 5.91 Å². The Balaban J connectivity index is 1.68. The number of aromatic nitrogens is 1. The Morgan fingerprint density at radius 2 is 1.59 bits per heavy atom. The summed E-state index contributed by atoms with van der Waals surface area (Å²) in [4.78, 5) is 13.2. The van der Waals surface area contributed by atoms with Crippen LogP contribution in [0.25, 0.3) is 10.9 Å². The lowest BCUT2D eigenvalue weighted by Crippen LogP contribution is -2.43. The number of hydrazone groups is 1. The first kappa shape index (κ1) is 21.1. The first-order valence-electron chi connectivity index (χ1n) is 10.3. The van der Waals surface area contributed by atoms with Crippen LogP contribution in [0.1, 0.15) is 22.4 Å². The number of amides is 1. The van der Waals surface area contributed by atoms with E-state index in [9.17, 15) is 9.90 Å². The summed E-state index contributed by atoms with van der Waals surface area (Å²) in [7, 11) is 0. The molecule has 4 rings (SSSR count). The maximum Gasteiger partial charge on any atom is 0.281 e. The van der Waals surface area contributed by atoms with Gasteiger partial charge in [-0.25, -0.2) is 5.43 Å². The molecule has 0 aliphatic rings. The van der Waals surface area contributed by atoms with E-state index in [0.717, 1.165) is 22.2 Å². The summed E-state index contributed by atoms with van der Waals surface area (Å²) in [5.74, 6) is 2.03. The normalized spacial score (nSPS) is 11.5. The Morgan fingerprint density at radius 3 is 2.19 bits per heavy atom. The Labute approximate surface area is 187 Å². The highest BCUT2D eigenvalue weighted by atomic mass is 16.3. The number of nitrogens with zero attached hydrogens (tertiary/aromatic N) is 2. The average molecular weight is 422 g/mol. The Hall–Kier alpha value is -4.14. The van der Waals surface area contributed by atoms with E-state index in [1.807, 2.05) is 47.9 Å². The lowest BCUT2D eigenvalue weighted by atomic mass is 9.85. The number of nitrogens with one attached hydrogen (secondary N) is 1. The molecule has 0 fully saturated rings. The molecule has 0 saturated carbocycles. The number of aliphatic hydroxyl groups is 1. The highest BCUT2D eigenvalue weighted by Crippen LogP contribution is 2.30. The van der Waals surface area contributed by atoms with Gasteiger partial charge in [0.2, 0.25) is 0 Å². The van der Waals surface area contributed by atoms with Crippen LogP contribution in [0.5, 0.6) is 0 Å². The molecule has 1 heterocycles. The molecule has 0 atom stereocenters. The van der Waals surface area contributed by atoms with Gasteiger partial charge >= 0.3 is 0 Å². The predicted octanol–water partition coefficient (Wildman–Crippen LogP) is 3.97. The zero-order valence-electron chi connectivity index (χ0n) is 17.7. The molecule has 2 N–H and O–H groups in total. The summed E-state index contributed by atoms with van der Waals surface area (Å²) >= 11 is 0. The third kappa shape index (κ3) is 3.68. The molecular weight excluding hydrogens is 398 g/mol. The molecular formula is C27H23N3O2. The van der Waals surface area contributed by atoms with E-state index >= 15 is 0 Å². The minimum atomic E-state index is -1.88. The molecule has 5 heteroatoms. The molecule has 3 aromatic carbocycles. The number of rotatable bonds is 6. The number of hydrogen-bond acceptors (Lipinski definition) is 3. The zero-order valence-corrected chi connectivity index (χ0v) is 17.7. The molecule has 1 amide bonds. The van der Waals surface area contributed by atoms with Crippen molar-refractivity contribution in [2.75, 3.05) is 0 Å². The fourth-order valence-corrected chi connectivity index (χ4v) is 3.94. The second-order valence-corrected chi connectivity index (χ2v) is 7.45. The highest BCUT2D eigenvalue weighted by Gasteiger charge is 2.39. The van der Waals surface area contributed by atoms with Crippen molar-refractivity contribution in [3.05, 3.63) is 107 Å². The van der Waals surface area contributed by atoms with Gasteiger partial charge in [-0.3, -0.25) is 4.79 Å². The largest absolute Gasteiger partial charge is 0.372 e. The molecule has 0 aliphatic heterocycles. The van der Waals surface area contributed by atoms with Gasteiger partial charge in [-0.05, 0) is 24.1 Å². The second-order valence-electron chi connectivity index (χ2n) is 7.45. The van der Waals surface area contributed by atoms with Gasteiger partial charge in [-0.2, -0.15) is 5.10 Å². The van der Waals surface area contributed by atoms with Gasteiger partial charge in [0, 0.05) is 22.2 Å². The SMILES string of the molecule is C#CCn1c(C)c(/C=N\NC(=O)C(O)(c2ccccc2)c2ccccc2)c2ccccc21. The minimum absolute atomic E-state index is 0.439. The molecule has 0 unspecified atom stereocenters. The van der Waals surface area contributed by atoms with Gasteiger partial charge in [0.1, 0.15) is 0 Å². The van der Waals surface area contributed by atoms with Gasteiger partial charge in [-0.1, -0.05) is 84.8 Å². The quantitative estimate of drug-likeness (QED) is 0.281.